The van der Waals surface area contributed by atoms with Crippen LogP contribution in [-0.2, 0) is 11.3 Å². The van der Waals surface area contributed by atoms with Crippen LogP contribution in [0.25, 0.3) is 0 Å². The van der Waals surface area contributed by atoms with Crippen LogP contribution >= 0.6 is 11.3 Å². The molecule has 0 saturated carbocycles. The Kier molecular flexibility index (Phi) is 6.69. The fourth-order valence-electron chi connectivity index (χ4n) is 2.53. The minimum Gasteiger partial charge on any atom is -0.372 e. The molecule has 2 aromatic rings. The Hall–Kier alpha value is -1.30. The number of aromatic nitrogens is 1. The minimum absolute atomic E-state index is 0.0387. The normalized spacial score (nSPS) is 14.2. The molecule has 3 nitrogen and oxygen atoms in total. The van der Waals surface area contributed by atoms with Gasteiger partial charge in [0.1, 0.15) is 16.9 Å². The molecule has 23 heavy (non-hydrogen) atoms. The molecule has 1 N–H and O–H groups in total. The molecule has 2 unspecified atom stereocenters. The van der Waals surface area contributed by atoms with Crippen molar-refractivity contribution in [1.29, 1.82) is 0 Å². The van der Waals surface area contributed by atoms with Crippen LogP contribution in [0.2, 0.25) is 0 Å². The first-order valence-electron chi connectivity index (χ1n) is 8.06. The number of nitrogens with zero attached hydrogens (tertiary/aromatic N) is 1. The zero-order valence-corrected chi connectivity index (χ0v) is 15.0. The van der Waals surface area contributed by atoms with Crippen molar-refractivity contribution in [2.24, 2.45) is 5.92 Å². The number of thiazole rings is 1. The number of hydrogen-bond donors (Lipinski definition) is 1. The topological polar surface area (TPSA) is 34.1 Å². The molecule has 0 aliphatic rings. The lowest BCUT2D eigenvalue weighted by Crippen LogP contribution is -2.25. The molecule has 0 aliphatic heterocycles. The maximum absolute atomic E-state index is 13.1. The summed E-state index contributed by atoms with van der Waals surface area (Å²) in [5.74, 6) is 0.200. The van der Waals surface area contributed by atoms with Crippen LogP contribution in [0.4, 0.5) is 4.39 Å². The lowest BCUT2D eigenvalue weighted by Gasteiger charge is -2.22. The third-order valence-corrected chi connectivity index (χ3v) is 4.79. The Morgan fingerprint density at radius 3 is 2.52 bits per heavy atom. The highest BCUT2D eigenvalue weighted by Gasteiger charge is 2.16. The lowest BCUT2D eigenvalue weighted by molar-refractivity contribution is 0.0761. The van der Waals surface area contributed by atoms with E-state index < -0.39 is 0 Å². The maximum atomic E-state index is 13.1. The van der Waals surface area contributed by atoms with Gasteiger partial charge in [-0.2, -0.15) is 0 Å². The molecule has 0 amide bonds. The van der Waals surface area contributed by atoms with Crippen LogP contribution in [0.5, 0.6) is 0 Å². The van der Waals surface area contributed by atoms with Crippen LogP contribution in [0.3, 0.4) is 0 Å². The molecule has 5 heteroatoms. The second kappa shape index (κ2) is 8.52. The van der Waals surface area contributed by atoms with Gasteiger partial charge in [-0.3, -0.25) is 0 Å². The van der Waals surface area contributed by atoms with Gasteiger partial charge in [-0.1, -0.05) is 26.0 Å². The van der Waals surface area contributed by atoms with E-state index in [0.717, 1.165) is 16.3 Å². The molecule has 0 bridgehead atoms. The average molecular weight is 336 g/mol. The van der Waals surface area contributed by atoms with E-state index in [1.807, 2.05) is 26.0 Å². The Morgan fingerprint density at radius 1 is 1.22 bits per heavy atom. The van der Waals surface area contributed by atoms with E-state index in [9.17, 15) is 4.39 Å². The number of ether oxygens (including phenoxy) is 1. The second-order valence-corrected chi connectivity index (χ2v) is 6.82. The first-order chi connectivity index (χ1) is 11.0. The summed E-state index contributed by atoms with van der Waals surface area (Å²) in [4.78, 5) is 4.64. The summed E-state index contributed by atoms with van der Waals surface area (Å²) in [6.07, 6.45) is 0.0387. The molecule has 2 rings (SSSR count). The van der Waals surface area contributed by atoms with E-state index in [-0.39, 0.29) is 18.0 Å². The molecule has 1 aromatic carbocycles. The van der Waals surface area contributed by atoms with Crippen molar-refractivity contribution in [2.45, 2.75) is 46.4 Å². The summed E-state index contributed by atoms with van der Waals surface area (Å²) in [7, 11) is 0. The SMILES string of the molecule is CCOC(C)c1nc(CNC(c2ccc(F)cc2)C(C)C)cs1. The molecule has 0 saturated heterocycles. The monoisotopic (exact) mass is 336 g/mol. The van der Waals surface area contributed by atoms with Gasteiger partial charge in [-0.05, 0) is 37.5 Å². The van der Waals surface area contributed by atoms with Gasteiger partial charge in [0.15, 0.2) is 0 Å². The summed E-state index contributed by atoms with van der Waals surface area (Å²) in [6.45, 7) is 9.71. The minimum atomic E-state index is -0.203. The van der Waals surface area contributed by atoms with Gasteiger partial charge in [-0.25, -0.2) is 9.37 Å². The van der Waals surface area contributed by atoms with E-state index >= 15 is 0 Å². The van der Waals surface area contributed by atoms with Gasteiger partial charge in [0.2, 0.25) is 0 Å². The number of hydrogen-bond acceptors (Lipinski definition) is 4. The van der Waals surface area contributed by atoms with Gasteiger partial charge in [0, 0.05) is 24.6 Å². The Bertz CT molecular complexity index is 597. The highest BCUT2D eigenvalue weighted by Crippen LogP contribution is 2.24. The van der Waals surface area contributed by atoms with Crippen LogP contribution in [0.15, 0.2) is 29.6 Å². The smallest absolute Gasteiger partial charge is 0.123 e. The van der Waals surface area contributed by atoms with Crippen molar-refractivity contribution < 1.29 is 9.13 Å². The van der Waals surface area contributed by atoms with Crippen LogP contribution in [0.1, 0.15) is 56.1 Å². The molecule has 2 atom stereocenters. The van der Waals surface area contributed by atoms with Crippen molar-refractivity contribution in [3.05, 3.63) is 51.7 Å². The largest absolute Gasteiger partial charge is 0.372 e. The molecular weight excluding hydrogens is 311 g/mol. The predicted molar refractivity (Wildman–Crippen MR) is 93.0 cm³/mol. The standard InChI is InChI=1S/C18H25FN2OS/c1-5-22-13(4)18-21-16(11-23-18)10-20-17(12(2)3)14-6-8-15(19)9-7-14/h6-9,11-13,17,20H,5,10H2,1-4H3. The fourth-order valence-corrected chi connectivity index (χ4v) is 3.36. The van der Waals surface area contributed by atoms with Gasteiger partial charge in [0.25, 0.3) is 0 Å². The molecule has 0 aliphatic carbocycles. The summed E-state index contributed by atoms with van der Waals surface area (Å²) >= 11 is 1.63. The third kappa shape index (κ3) is 5.09. The van der Waals surface area contributed by atoms with Crippen LogP contribution in [-0.4, -0.2) is 11.6 Å². The summed E-state index contributed by atoms with van der Waals surface area (Å²) in [6, 6.07) is 6.88. The average Bonchev–Trinajstić information content (AvgIpc) is 2.98. The second-order valence-electron chi connectivity index (χ2n) is 5.93. The number of benzene rings is 1. The third-order valence-electron chi connectivity index (χ3n) is 3.73. The summed E-state index contributed by atoms with van der Waals surface area (Å²) < 4.78 is 18.7. The van der Waals surface area contributed by atoms with Crippen molar-refractivity contribution >= 4 is 11.3 Å². The van der Waals surface area contributed by atoms with Crippen molar-refractivity contribution in [2.75, 3.05) is 6.61 Å². The molecule has 0 fully saturated rings. The molecule has 126 valence electrons. The number of rotatable bonds is 8. The Labute approximate surface area is 141 Å². The van der Waals surface area contributed by atoms with Crippen molar-refractivity contribution in [3.63, 3.8) is 0 Å². The molecule has 0 radical (unpaired) electrons. The van der Waals surface area contributed by atoms with E-state index in [1.165, 1.54) is 12.1 Å². The number of halogens is 1. The van der Waals surface area contributed by atoms with Crippen LogP contribution in [0, 0.1) is 11.7 Å². The fraction of sp³-hybridized carbons (Fsp3) is 0.500. The van der Waals surface area contributed by atoms with Gasteiger partial charge in [-0.15, -0.1) is 11.3 Å². The lowest BCUT2D eigenvalue weighted by atomic mass is 9.96. The molecule has 0 spiro atoms. The van der Waals surface area contributed by atoms with Gasteiger partial charge < -0.3 is 10.1 Å². The number of nitrogens with one attached hydrogen (secondary N) is 1. The summed E-state index contributed by atoms with van der Waals surface area (Å²) in [5.41, 5.74) is 2.11. The van der Waals surface area contributed by atoms with E-state index in [0.29, 0.717) is 19.1 Å². The Balaban J connectivity index is 2.00. The molecule has 1 heterocycles. The van der Waals surface area contributed by atoms with E-state index in [4.69, 9.17) is 4.74 Å². The van der Waals surface area contributed by atoms with Crippen molar-refractivity contribution in [3.8, 4) is 0 Å². The highest BCUT2D eigenvalue weighted by molar-refractivity contribution is 7.09. The quantitative estimate of drug-likeness (QED) is 0.747. The zero-order valence-electron chi connectivity index (χ0n) is 14.2. The molecular formula is C18H25FN2OS. The molecule has 1 aromatic heterocycles. The van der Waals surface area contributed by atoms with Gasteiger partial charge in [0.05, 0.1) is 5.69 Å². The summed E-state index contributed by atoms with van der Waals surface area (Å²) in [5, 5.41) is 6.61. The van der Waals surface area contributed by atoms with E-state index in [2.05, 4.69) is 29.5 Å². The predicted octanol–water partition coefficient (Wildman–Crippen LogP) is 4.87. The maximum Gasteiger partial charge on any atom is 0.123 e. The van der Waals surface area contributed by atoms with Crippen LogP contribution < -0.4 is 5.32 Å². The van der Waals surface area contributed by atoms with Gasteiger partial charge >= 0.3 is 0 Å². The first-order valence-corrected chi connectivity index (χ1v) is 8.94. The van der Waals surface area contributed by atoms with E-state index in [1.54, 1.807) is 11.3 Å². The first kappa shape index (κ1) is 18.0. The highest BCUT2D eigenvalue weighted by atomic mass is 32.1. The Morgan fingerprint density at radius 2 is 1.91 bits per heavy atom. The zero-order chi connectivity index (χ0) is 16.8. The van der Waals surface area contributed by atoms with Crippen molar-refractivity contribution in [1.82, 2.24) is 10.3 Å².